The first-order chi connectivity index (χ1) is 13.5. The molecule has 1 atom stereocenters. The predicted octanol–water partition coefficient (Wildman–Crippen LogP) is 2.61. The maximum absolute atomic E-state index is 12.8. The van der Waals surface area contributed by atoms with E-state index in [0.717, 1.165) is 50.5 Å². The van der Waals surface area contributed by atoms with Gasteiger partial charge in [0.15, 0.2) is 0 Å². The number of piperidine rings is 1. The molecular formula is C22H29N3O3. The number of aryl methyl sites for hydroxylation is 2. The molecule has 2 aromatic rings. The Hall–Kier alpha value is -2.34. The van der Waals surface area contributed by atoms with Gasteiger partial charge in [0.2, 0.25) is 11.8 Å². The summed E-state index contributed by atoms with van der Waals surface area (Å²) in [5.74, 6) is 1.21. The van der Waals surface area contributed by atoms with E-state index < -0.39 is 0 Å². The van der Waals surface area contributed by atoms with E-state index in [-0.39, 0.29) is 17.7 Å². The van der Waals surface area contributed by atoms with Crippen LogP contribution in [0, 0.1) is 19.8 Å². The molecule has 2 aliphatic heterocycles. The van der Waals surface area contributed by atoms with Crippen molar-refractivity contribution in [2.24, 2.45) is 5.92 Å². The van der Waals surface area contributed by atoms with Crippen LogP contribution in [0.5, 0.6) is 0 Å². The second kappa shape index (κ2) is 7.95. The minimum Gasteiger partial charge on any atom is -0.459 e. The van der Waals surface area contributed by atoms with Crippen LogP contribution >= 0.6 is 0 Å². The fourth-order valence-electron chi connectivity index (χ4n) is 4.29. The maximum atomic E-state index is 12.8. The zero-order valence-corrected chi connectivity index (χ0v) is 16.8. The van der Waals surface area contributed by atoms with E-state index in [2.05, 4.69) is 36.2 Å². The smallest absolute Gasteiger partial charge is 0.227 e. The summed E-state index contributed by atoms with van der Waals surface area (Å²) in [7, 11) is 0. The van der Waals surface area contributed by atoms with Crippen LogP contribution in [-0.4, -0.2) is 54.3 Å². The van der Waals surface area contributed by atoms with E-state index in [9.17, 15) is 9.59 Å². The third kappa shape index (κ3) is 3.92. The van der Waals surface area contributed by atoms with Crippen molar-refractivity contribution in [1.29, 1.82) is 0 Å². The van der Waals surface area contributed by atoms with Crippen LogP contribution in [-0.2, 0) is 16.1 Å². The van der Waals surface area contributed by atoms with Gasteiger partial charge < -0.3 is 14.6 Å². The minimum atomic E-state index is -0.0647. The van der Waals surface area contributed by atoms with Crippen molar-refractivity contribution in [3.63, 3.8) is 0 Å². The van der Waals surface area contributed by atoms with Gasteiger partial charge in [-0.1, -0.05) is 11.6 Å². The Bertz CT molecular complexity index is 879. The number of rotatable bonds is 3. The monoisotopic (exact) mass is 383 g/mol. The average molecular weight is 383 g/mol. The fourth-order valence-corrected chi connectivity index (χ4v) is 4.29. The molecule has 150 valence electrons. The van der Waals surface area contributed by atoms with Crippen LogP contribution in [0.2, 0.25) is 0 Å². The molecule has 0 saturated carbocycles. The molecule has 1 unspecified atom stereocenters. The molecule has 6 heteroatoms. The molecule has 3 heterocycles. The van der Waals surface area contributed by atoms with Crippen LogP contribution < -0.4 is 5.32 Å². The summed E-state index contributed by atoms with van der Waals surface area (Å²) >= 11 is 0. The number of nitrogens with zero attached hydrogens (tertiary/aromatic N) is 2. The zero-order valence-electron chi connectivity index (χ0n) is 16.8. The molecule has 2 aliphatic rings. The number of furan rings is 1. The first-order valence-corrected chi connectivity index (χ1v) is 10.3. The van der Waals surface area contributed by atoms with Crippen molar-refractivity contribution >= 4 is 22.8 Å². The van der Waals surface area contributed by atoms with E-state index in [0.29, 0.717) is 19.4 Å². The Kier molecular flexibility index (Phi) is 5.40. The van der Waals surface area contributed by atoms with E-state index in [1.165, 1.54) is 16.5 Å². The normalized spacial score (nSPS) is 21.6. The molecule has 1 N–H and O–H groups in total. The number of carbonyl (C=O) groups is 2. The second-order valence-electron chi connectivity index (χ2n) is 8.14. The van der Waals surface area contributed by atoms with Crippen LogP contribution in [0.4, 0.5) is 0 Å². The number of fused-ring (bicyclic) bond motifs is 1. The van der Waals surface area contributed by atoms with E-state index in [1.807, 2.05) is 11.0 Å². The van der Waals surface area contributed by atoms with Gasteiger partial charge in [0.05, 0.1) is 12.5 Å². The molecule has 0 radical (unpaired) electrons. The summed E-state index contributed by atoms with van der Waals surface area (Å²) in [5, 5.41) is 4.02. The molecule has 0 bridgehead atoms. The Labute approximate surface area is 165 Å². The van der Waals surface area contributed by atoms with Gasteiger partial charge in [0.1, 0.15) is 11.3 Å². The number of benzene rings is 1. The number of hydrogen-bond acceptors (Lipinski definition) is 4. The number of amides is 2. The van der Waals surface area contributed by atoms with Crippen LogP contribution in [0.3, 0.4) is 0 Å². The van der Waals surface area contributed by atoms with Gasteiger partial charge in [-0.15, -0.1) is 0 Å². The summed E-state index contributed by atoms with van der Waals surface area (Å²) in [5.41, 5.74) is 3.41. The van der Waals surface area contributed by atoms with Crippen LogP contribution in [0.15, 0.2) is 22.6 Å². The fraction of sp³-hybridized carbons (Fsp3) is 0.545. The lowest BCUT2D eigenvalue weighted by Crippen LogP contribution is -2.45. The quantitative estimate of drug-likeness (QED) is 0.885. The Morgan fingerprint density at radius 3 is 2.86 bits per heavy atom. The molecule has 1 aromatic carbocycles. The van der Waals surface area contributed by atoms with Crippen molar-refractivity contribution in [2.75, 3.05) is 32.7 Å². The Balaban J connectivity index is 1.38. The third-order valence-corrected chi connectivity index (χ3v) is 6.07. The highest BCUT2D eigenvalue weighted by Gasteiger charge is 2.29. The van der Waals surface area contributed by atoms with Crippen molar-refractivity contribution in [2.45, 2.75) is 39.7 Å². The summed E-state index contributed by atoms with van der Waals surface area (Å²) in [6.45, 7) is 8.83. The van der Waals surface area contributed by atoms with Gasteiger partial charge in [-0.25, -0.2) is 0 Å². The standard InChI is InChI=1S/C22H29N3O3/c1-15-4-6-19-18(12-15)16(2)20(28-19)14-24-8-3-9-25(11-10-24)22(27)17-5-7-21(26)23-13-17/h4,6,12,17H,3,5,7-11,13-14H2,1-2H3,(H,23,26). The lowest BCUT2D eigenvalue weighted by molar-refractivity contribution is -0.137. The van der Waals surface area contributed by atoms with E-state index in [4.69, 9.17) is 4.42 Å². The van der Waals surface area contributed by atoms with Gasteiger partial charge in [0.25, 0.3) is 0 Å². The summed E-state index contributed by atoms with van der Waals surface area (Å²) < 4.78 is 6.11. The van der Waals surface area contributed by atoms with Crippen LogP contribution in [0.1, 0.15) is 36.1 Å². The lowest BCUT2D eigenvalue weighted by atomic mass is 9.97. The SMILES string of the molecule is Cc1ccc2oc(CN3CCCN(C(=O)C4CCC(=O)NC4)CC3)c(C)c2c1. The average Bonchev–Trinajstić information content (AvgIpc) is 2.85. The number of hydrogen-bond donors (Lipinski definition) is 1. The summed E-state index contributed by atoms with van der Waals surface area (Å²) in [4.78, 5) is 28.5. The molecule has 2 saturated heterocycles. The molecule has 0 aliphatic carbocycles. The molecule has 1 aromatic heterocycles. The zero-order chi connectivity index (χ0) is 19.7. The highest BCUT2D eigenvalue weighted by molar-refractivity contribution is 5.84. The topological polar surface area (TPSA) is 65.8 Å². The Morgan fingerprint density at radius 2 is 2.07 bits per heavy atom. The summed E-state index contributed by atoms with van der Waals surface area (Å²) in [6.07, 6.45) is 2.09. The largest absolute Gasteiger partial charge is 0.459 e. The highest BCUT2D eigenvalue weighted by Crippen LogP contribution is 2.27. The molecule has 2 fully saturated rings. The highest BCUT2D eigenvalue weighted by atomic mass is 16.3. The van der Waals surface area contributed by atoms with E-state index in [1.54, 1.807) is 0 Å². The van der Waals surface area contributed by atoms with Crippen molar-refractivity contribution in [3.05, 3.63) is 35.1 Å². The lowest BCUT2D eigenvalue weighted by Gasteiger charge is -2.28. The number of carbonyl (C=O) groups excluding carboxylic acids is 2. The minimum absolute atomic E-state index is 0.0579. The van der Waals surface area contributed by atoms with Gasteiger partial charge in [-0.2, -0.15) is 0 Å². The van der Waals surface area contributed by atoms with Gasteiger partial charge in [-0.05, 0) is 44.4 Å². The predicted molar refractivity (Wildman–Crippen MR) is 108 cm³/mol. The molecule has 2 amide bonds. The molecule has 0 spiro atoms. The van der Waals surface area contributed by atoms with Gasteiger partial charge >= 0.3 is 0 Å². The van der Waals surface area contributed by atoms with E-state index >= 15 is 0 Å². The third-order valence-electron chi connectivity index (χ3n) is 6.07. The van der Waals surface area contributed by atoms with Gasteiger partial charge in [-0.3, -0.25) is 14.5 Å². The molecule has 4 rings (SSSR count). The van der Waals surface area contributed by atoms with Gasteiger partial charge in [0, 0.05) is 44.5 Å². The molecular weight excluding hydrogens is 354 g/mol. The first kappa shape index (κ1) is 19.0. The Morgan fingerprint density at radius 1 is 1.21 bits per heavy atom. The molecule has 28 heavy (non-hydrogen) atoms. The van der Waals surface area contributed by atoms with Crippen LogP contribution in [0.25, 0.3) is 11.0 Å². The second-order valence-corrected chi connectivity index (χ2v) is 8.14. The van der Waals surface area contributed by atoms with Crippen molar-refractivity contribution < 1.29 is 14.0 Å². The first-order valence-electron chi connectivity index (χ1n) is 10.3. The maximum Gasteiger partial charge on any atom is 0.227 e. The summed E-state index contributed by atoms with van der Waals surface area (Å²) in [6, 6.07) is 6.31. The number of nitrogens with one attached hydrogen (secondary N) is 1. The molecule has 6 nitrogen and oxygen atoms in total. The van der Waals surface area contributed by atoms with Crippen molar-refractivity contribution in [3.8, 4) is 0 Å². The van der Waals surface area contributed by atoms with Crippen molar-refractivity contribution in [1.82, 2.24) is 15.1 Å².